The fourth-order valence-corrected chi connectivity index (χ4v) is 2.26. The van der Waals surface area contributed by atoms with Crippen molar-refractivity contribution in [2.75, 3.05) is 19.0 Å². The maximum Gasteiger partial charge on any atom is 0.319 e. The fourth-order valence-electron chi connectivity index (χ4n) is 2.13. The number of urea groups is 1. The summed E-state index contributed by atoms with van der Waals surface area (Å²) in [4.78, 5) is 12.0. The molecule has 2 rings (SSSR count). The van der Waals surface area contributed by atoms with Gasteiger partial charge in [0, 0.05) is 10.7 Å². The number of hydrogen-bond acceptors (Lipinski definition) is 3. The van der Waals surface area contributed by atoms with Crippen LogP contribution in [-0.4, -0.2) is 30.9 Å². The molecule has 23 heavy (non-hydrogen) atoms. The van der Waals surface area contributed by atoms with Crippen LogP contribution in [-0.2, 0) is 6.42 Å². The second-order valence-corrected chi connectivity index (χ2v) is 5.48. The minimum atomic E-state index is -0.394. The zero-order valence-electron chi connectivity index (χ0n) is 12.8. The van der Waals surface area contributed by atoms with Gasteiger partial charge in [-0.3, -0.25) is 0 Å². The van der Waals surface area contributed by atoms with E-state index in [-0.39, 0.29) is 12.6 Å². The Hall–Kier alpha value is -2.24. The molecule has 5 nitrogen and oxygen atoms in total. The van der Waals surface area contributed by atoms with Crippen molar-refractivity contribution in [2.45, 2.75) is 12.5 Å². The summed E-state index contributed by atoms with van der Waals surface area (Å²) in [6, 6.07) is 13.5. The van der Waals surface area contributed by atoms with Crippen LogP contribution in [0.1, 0.15) is 5.56 Å². The van der Waals surface area contributed by atoms with Gasteiger partial charge in [-0.15, -0.1) is 0 Å². The average molecular weight is 335 g/mol. The highest BCUT2D eigenvalue weighted by Crippen LogP contribution is 2.15. The van der Waals surface area contributed by atoms with Gasteiger partial charge in [0.15, 0.2) is 0 Å². The standard InChI is InChI=1S/C17H19ClN2O3/c1-23-16-4-2-3-12(10-16)9-15(11-21)20-17(22)19-14-7-5-13(18)6-8-14/h2-8,10,15,21H,9,11H2,1H3,(H2,19,20,22). The third-order valence-corrected chi connectivity index (χ3v) is 3.53. The van der Waals surface area contributed by atoms with Gasteiger partial charge in [0.1, 0.15) is 5.75 Å². The van der Waals surface area contributed by atoms with Crippen LogP contribution in [0.5, 0.6) is 5.75 Å². The molecule has 0 aromatic heterocycles. The van der Waals surface area contributed by atoms with Gasteiger partial charge in [-0.25, -0.2) is 4.79 Å². The molecule has 0 heterocycles. The molecule has 0 saturated carbocycles. The lowest BCUT2D eigenvalue weighted by molar-refractivity contribution is 0.224. The molecule has 0 bridgehead atoms. The summed E-state index contributed by atoms with van der Waals surface area (Å²) in [5.41, 5.74) is 1.60. The Balaban J connectivity index is 1.92. The molecule has 1 unspecified atom stereocenters. The quantitative estimate of drug-likeness (QED) is 0.760. The minimum Gasteiger partial charge on any atom is -0.497 e. The van der Waals surface area contributed by atoms with E-state index in [1.807, 2.05) is 24.3 Å². The highest BCUT2D eigenvalue weighted by atomic mass is 35.5. The van der Waals surface area contributed by atoms with Crippen molar-refractivity contribution in [1.29, 1.82) is 0 Å². The summed E-state index contributed by atoms with van der Waals surface area (Å²) in [6.07, 6.45) is 0.502. The van der Waals surface area contributed by atoms with E-state index < -0.39 is 6.04 Å². The van der Waals surface area contributed by atoms with E-state index in [9.17, 15) is 9.90 Å². The van der Waals surface area contributed by atoms with Crippen LogP contribution in [0.15, 0.2) is 48.5 Å². The Morgan fingerprint density at radius 2 is 2.00 bits per heavy atom. The first kappa shape index (κ1) is 17.1. The summed E-state index contributed by atoms with van der Waals surface area (Å²) in [6.45, 7) is -0.161. The number of anilines is 1. The molecule has 2 aromatic carbocycles. The lowest BCUT2D eigenvalue weighted by Gasteiger charge is -2.17. The van der Waals surface area contributed by atoms with Gasteiger partial charge >= 0.3 is 6.03 Å². The van der Waals surface area contributed by atoms with Crippen LogP contribution in [0.3, 0.4) is 0 Å². The third kappa shape index (κ3) is 5.47. The molecule has 0 saturated heterocycles. The molecule has 3 N–H and O–H groups in total. The molecule has 6 heteroatoms. The number of aliphatic hydroxyl groups excluding tert-OH is 1. The van der Waals surface area contributed by atoms with Crippen LogP contribution in [0.2, 0.25) is 5.02 Å². The first-order chi connectivity index (χ1) is 11.1. The van der Waals surface area contributed by atoms with Gasteiger partial charge in [-0.05, 0) is 48.4 Å². The van der Waals surface area contributed by atoms with Crippen molar-refractivity contribution in [3.8, 4) is 5.75 Å². The first-order valence-corrected chi connectivity index (χ1v) is 7.55. The monoisotopic (exact) mass is 334 g/mol. The molecule has 2 aromatic rings. The average Bonchev–Trinajstić information content (AvgIpc) is 2.56. The van der Waals surface area contributed by atoms with Crippen molar-refractivity contribution in [3.63, 3.8) is 0 Å². The van der Waals surface area contributed by atoms with E-state index in [1.54, 1.807) is 31.4 Å². The van der Waals surface area contributed by atoms with Crippen LogP contribution < -0.4 is 15.4 Å². The number of amides is 2. The Kier molecular flexibility index (Phi) is 6.26. The number of methoxy groups -OCH3 is 1. The van der Waals surface area contributed by atoms with Crippen molar-refractivity contribution in [1.82, 2.24) is 5.32 Å². The highest BCUT2D eigenvalue weighted by molar-refractivity contribution is 6.30. The Morgan fingerprint density at radius 3 is 2.65 bits per heavy atom. The second-order valence-electron chi connectivity index (χ2n) is 5.04. The molecule has 1 atom stereocenters. The molecule has 0 aliphatic rings. The molecular weight excluding hydrogens is 316 g/mol. The molecule has 2 amide bonds. The number of carbonyl (C=O) groups excluding carboxylic acids is 1. The molecule has 0 fully saturated rings. The SMILES string of the molecule is COc1cccc(CC(CO)NC(=O)Nc2ccc(Cl)cc2)c1. The Labute approximate surface area is 140 Å². The van der Waals surface area contributed by atoms with E-state index in [4.69, 9.17) is 16.3 Å². The number of nitrogens with one attached hydrogen (secondary N) is 2. The predicted molar refractivity (Wildman–Crippen MR) is 91.2 cm³/mol. The zero-order chi connectivity index (χ0) is 16.7. The summed E-state index contributed by atoms with van der Waals surface area (Å²) in [5.74, 6) is 0.741. The van der Waals surface area contributed by atoms with Gasteiger partial charge in [0.05, 0.1) is 19.8 Å². The predicted octanol–water partition coefficient (Wildman–Crippen LogP) is 3.07. The fraction of sp³-hybridized carbons (Fsp3) is 0.235. The summed E-state index contributed by atoms with van der Waals surface area (Å²) >= 11 is 5.80. The lowest BCUT2D eigenvalue weighted by Crippen LogP contribution is -2.41. The van der Waals surface area contributed by atoms with Crippen LogP contribution in [0.4, 0.5) is 10.5 Å². The summed E-state index contributed by atoms with van der Waals surface area (Å²) < 4.78 is 5.17. The normalized spacial score (nSPS) is 11.6. The van der Waals surface area contributed by atoms with Crippen molar-refractivity contribution >= 4 is 23.3 Å². The zero-order valence-corrected chi connectivity index (χ0v) is 13.5. The van der Waals surface area contributed by atoms with E-state index >= 15 is 0 Å². The first-order valence-electron chi connectivity index (χ1n) is 7.17. The van der Waals surface area contributed by atoms with Crippen molar-refractivity contribution in [3.05, 3.63) is 59.1 Å². The smallest absolute Gasteiger partial charge is 0.319 e. The molecular formula is C17H19ClN2O3. The molecule has 0 radical (unpaired) electrons. The maximum atomic E-state index is 12.0. The maximum absolute atomic E-state index is 12.0. The topological polar surface area (TPSA) is 70.6 Å². The number of ether oxygens (including phenoxy) is 1. The van der Waals surface area contributed by atoms with E-state index in [1.165, 1.54) is 0 Å². The number of benzene rings is 2. The molecule has 0 aliphatic carbocycles. The number of halogens is 1. The summed E-state index contributed by atoms with van der Waals surface area (Å²) in [7, 11) is 1.60. The van der Waals surface area contributed by atoms with Gasteiger partial charge in [0.2, 0.25) is 0 Å². The number of hydrogen-bond donors (Lipinski definition) is 3. The van der Waals surface area contributed by atoms with Gasteiger partial charge in [0.25, 0.3) is 0 Å². The summed E-state index contributed by atoms with van der Waals surface area (Å²) in [5, 5.41) is 15.5. The van der Waals surface area contributed by atoms with Crippen molar-refractivity contribution in [2.24, 2.45) is 0 Å². The largest absolute Gasteiger partial charge is 0.497 e. The number of aliphatic hydroxyl groups is 1. The molecule has 0 aliphatic heterocycles. The second kappa shape index (κ2) is 8.41. The molecule has 0 spiro atoms. The van der Waals surface area contributed by atoms with E-state index in [0.29, 0.717) is 17.1 Å². The van der Waals surface area contributed by atoms with Gasteiger partial charge < -0.3 is 20.5 Å². The highest BCUT2D eigenvalue weighted by Gasteiger charge is 2.12. The van der Waals surface area contributed by atoms with E-state index in [0.717, 1.165) is 11.3 Å². The van der Waals surface area contributed by atoms with Crippen LogP contribution >= 0.6 is 11.6 Å². The van der Waals surface area contributed by atoms with Gasteiger partial charge in [-0.2, -0.15) is 0 Å². The van der Waals surface area contributed by atoms with Crippen LogP contribution in [0, 0.1) is 0 Å². The Morgan fingerprint density at radius 1 is 1.26 bits per heavy atom. The number of rotatable bonds is 6. The Bertz CT molecular complexity index is 647. The van der Waals surface area contributed by atoms with Crippen molar-refractivity contribution < 1.29 is 14.6 Å². The minimum absolute atomic E-state index is 0.161. The third-order valence-electron chi connectivity index (χ3n) is 3.27. The van der Waals surface area contributed by atoms with Gasteiger partial charge in [-0.1, -0.05) is 23.7 Å². The number of carbonyl (C=O) groups is 1. The molecule has 122 valence electrons. The van der Waals surface area contributed by atoms with E-state index in [2.05, 4.69) is 10.6 Å². The van der Waals surface area contributed by atoms with Crippen LogP contribution in [0.25, 0.3) is 0 Å². The lowest BCUT2D eigenvalue weighted by atomic mass is 10.1.